The number of hydrogen-bond acceptors (Lipinski definition) is 4. The normalized spacial score (nSPS) is 13.8. The molecule has 1 heterocycles. The van der Waals surface area contributed by atoms with Crippen LogP contribution in [0.15, 0.2) is 48.5 Å². The summed E-state index contributed by atoms with van der Waals surface area (Å²) in [7, 11) is 1.63. The van der Waals surface area contributed by atoms with Crippen LogP contribution in [0.2, 0.25) is 0 Å². The second kappa shape index (κ2) is 9.90. The lowest BCUT2D eigenvalue weighted by atomic mass is 10.1. The van der Waals surface area contributed by atoms with Crippen molar-refractivity contribution >= 4 is 17.5 Å². The Labute approximate surface area is 165 Å². The molecule has 148 valence electrons. The van der Waals surface area contributed by atoms with Gasteiger partial charge < -0.3 is 20.3 Å². The molecule has 0 spiro atoms. The van der Waals surface area contributed by atoms with Gasteiger partial charge >= 0.3 is 0 Å². The van der Waals surface area contributed by atoms with E-state index in [0.29, 0.717) is 17.8 Å². The van der Waals surface area contributed by atoms with Crippen LogP contribution in [0.3, 0.4) is 0 Å². The second-order valence-electron chi connectivity index (χ2n) is 6.93. The third-order valence-corrected chi connectivity index (χ3v) is 4.83. The molecule has 6 nitrogen and oxygen atoms in total. The minimum Gasteiger partial charge on any atom is -0.497 e. The molecule has 1 aliphatic heterocycles. The Morgan fingerprint density at radius 3 is 2.29 bits per heavy atom. The van der Waals surface area contributed by atoms with Gasteiger partial charge in [0.25, 0.3) is 5.91 Å². The summed E-state index contributed by atoms with van der Waals surface area (Å²) >= 11 is 0. The van der Waals surface area contributed by atoms with Gasteiger partial charge in [-0.15, -0.1) is 0 Å². The van der Waals surface area contributed by atoms with Crippen molar-refractivity contribution in [2.75, 3.05) is 32.1 Å². The highest BCUT2D eigenvalue weighted by Gasteiger charge is 2.17. The zero-order valence-electron chi connectivity index (χ0n) is 16.2. The van der Waals surface area contributed by atoms with E-state index in [1.165, 1.54) is 6.42 Å². The zero-order valence-corrected chi connectivity index (χ0v) is 16.2. The Bertz CT molecular complexity index is 782. The van der Waals surface area contributed by atoms with Crippen molar-refractivity contribution in [2.45, 2.75) is 25.8 Å². The number of likely N-dealkylation sites (tertiary alicyclic amines) is 1. The number of carbonyl (C=O) groups excluding carboxylic acids is 2. The van der Waals surface area contributed by atoms with Crippen molar-refractivity contribution in [3.63, 3.8) is 0 Å². The molecule has 0 radical (unpaired) electrons. The summed E-state index contributed by atoms with van der Waals surface area (Å²) < 4.78 is 5.13. The van der Waals surface area contributed by atoms with Crippen molar-refractivity contribution in [1.82, 2.24) is 10.2 Å². The van der Waals surface area contributed by atoms with Gasteiger partial charge in [-0.05, 0) is 61.2 Å². The van der Waals surface area contributed by atoms with Gasteiger partial charge in [0.2, 0.25) is 5.91 Å². The summed E-state index contributed by atoms with van der Waals surface area (Å²) in [5, 5.41) is 5.96. The molecule has 0 aliphatic carbocycles. The van der Waals surface area contributed by atoms with Crippen LogP contribution in [-0.4, -0.2) is 43.5 Å². The van der Waals surface area contributed by atoms with E-state index in [2.05, 4.69) is 10.6 Å². The van der Waals surface area contributed by atoms with Crippen LogP contribution in [-0.2, 0) is 11.3 Å². The molecule has 3 rings (SSSR count). The molecule has 1 fully saturated rings. The van der Waals surface area contributed by atoms with E-state index < -0.39 is 0 Å². The molecule has 0 unspecified atom stereocenters. The van der Waals surface area contributed by atoms with E-state index in [-0.39, 0.29) is 18.4 Å². The number of ether oxygens (including phenoxy) is 1. The second-order valence-corrected chi connectivity index (χ2v) is 6.93. The highest BCUT2D eigenvalue weighted by atomic mass is 16.5. The van der Waals surface area contributed by atoms with Gasteiger partial charge in [-0.3, -0.25) is 9.59 Å². The van der Waals surface area contributed by atoms with Crippen molar-refractivity contribution in [2.24, 2.45) is 0 Å². The van der Waals surface area contributed by atoms with E-state index in [9.17, 15) is 9.59 Å². The van der Waals surface area contributed by atoms with E-state index in [4.69, 9.17) is 4.74 Å². The van der Waals surface area contributed by atoms with E-state index in [0.717, 1.165) is 37.2 Å². The predicted molar refractivity (Wildman–Crippen MR) is 110 cm³/mol. The maximum atomic E-state index is 12.5. The van der Waals surface area contributed by atoms with Crippen LogP contribution in [0.4, 0.5) is 5.69 Å². The van der Waals surface area contributed by atoms with Crippen molar-refractivity contribution < 1.29 is 14.3 Å². The lowest BCUT2D eigenvalue weighted by Gasteiger charge is -2.26. The maximum absolute atomic E-state index is 12.5. The topological polar surface area (TPSA) is 70.7 Å². The summed E-state index contributed by atoms with van der Waals surface area (Å²) in [6.45, 7) is 2.47. The predicted octanol–water partition coefficient (Wildman–Crippen LogP) is 3.05. The Morgan fingerprint density at radius 2 is 1.64 bits per heavy atom. The van der Waals surface area contributed by atoms with Crippen LogP contribution in [0.25, 0.3) is 0 Å². The molecule has 2 N–H and O–H groups in total. The van der Waals surface area contributed by atoms with Crippen LogP contribution in [0, 0.1) is 0 Å². The minimum atomic E-state index is -0.122. The maximum Gasteiger partial charge on any atom is 0.253 e. The summed E-state index contributed by atoms with van der Waals surface area (Å²) in [4.78, 5) is 26.5. The van der Waals surface area contributed by atoms with Gasteiger partial charge in [-0.2, -0.15) is 0 Å². The van der Waals surface area contributed by atoms with Gasteiger partial charge in [0.15, 0.2) is 0 Å². The smallest absolute Gasteiger partial charge is 0.253 e. The SMILES string of the molecule is COc1ccc(CNCC(=O)Nc2ccc(C(=O)N3CCCCC3)cc2)cc1. The molecule has 28 heavy (non-hydrogen) atoms. The number of benzene rings is 2. The first-order chi connectivity index (χ1) is 13.7. The molecular formula is C22H27N3O3. The molecule has 0 saturated carbocycles. The van der Waals surface area contributed by atoms with Gasteiger partial charge in [0, 0.05) is 30.9 Å². The number of nitrogens with zero attached hydrogens (tertiary/aromatic N) is 1. The Balaban J connectivity index is 1.44. The van der Waals surface area contributed by atoms with Gasteiger partial charge in [0.05, 0.1) is 13.7 Å². The van der Waals surface area contributed by atoms with Crippen LogP contribution in [0.5, 0.6) is 5.75 Å². The van der Waals surface area contributed by atoms with Gasteiger partial charge in [0.1, 0.15) is 5.75 Å². The molecule has 0 aromatic heterocycles. The Hall–Kier alpha value is -2.86. The highest BCUT2D eigenvalue weighted by Crippen LogP contribution is 2.15. The molecular weight excluding hydrogens is 354 g/mol. The quantitative estimate of drug-likeness (QED) is 0.773. The first-order valence-corrected chi connectivity index (χ1v) is 9.68. The standard InChI is InChI=1S/C22H27N3O3/c1-28-20-11-5-17(6-12-20)15-23-16-21(26)24-19-9-7-18(8-10-19)22(27)25-13-3-2-4-14-25/h5-12,23H,2-4,13-16H2,1H3,(H,24,26). The number of amides is 2. The lowest BCUT2D eigenvalue weighted by Crippen LogP contribution is -2.35. The summed E-state index contributed by atoms with van der Waals surface area (Å²) in [5.41, 5.74) is 2.43. The van der Waals surface area contributed by atoms with E-state index in [1.807, 2.05) is 29.2 Å². The summed E-state index contributed by atoms with van der Waals surface area (Å²) in [6, 6.07) is 14.8. The number of anilines is 1. The fourth-order valence-electron chi connectivity index (χ4n) is 3.24. The number of methoxy groups -OCH3 is 1. The zero-order chi connectivity index (χ0) is 19.8. The Kier molecular flexibility index (Phi) is 7.03. The fourth-order valence-corrected chi connectivity index (χ4v) is 3.24. The van der Waals surface area contributed by atoms with Gasteiger partial charge in [-0.25, -0.2) is 0 Å². The third kappa shape index (κ3) is 5.57. The summed E-state index contributed by atoms with van der Waals surface area (Å²) in [6.07, 6.45) is 3.34. The number of hydrogen-bond donors (Lipinski definition) is 2. The lowest BCUT2D eigenvalue weighted by molar-refractivity contribution is -0.115. The van der Waals surface area contributed by atoms with Crippen LogP contribution in [0.1, 0.15) is 35.2 Å². The fraction of sp³-hybridized carbons (Fsp3) is 0.364. The molecule has 2 amide bonds. The molecule has 0 atom stereocenters. The number of carbonyl (C=O) groups is 2. The monoisotopic (exact) mass is 381 g/mol. The van der Waals surface area contributed by atoms with Crippen molar-refractivity contribution in [3.05, 3.63) is 59.7 Å². The number of piperidine rings is 1. The van der Waals surface area contributed by atoms with E-state index >= 15 is 0 Å². The minimum absolute atomic E-state index is 0.0683. The summed E-state index contributed by atoms with van der Waals surface area (Å²) in [5.74, 6) is 0.756. The van der Waals surface area contributed by atoms with Crippen molar-refractivity contribution in [1.29, 1.82) is 0 Å². The van der Waals surface area contributed by atoms with Gasteiger partial charge in [-0.1, -0.05) is 12.1 Å². The largest absolute Gasteiger partial charge is 0.497 e. The molecule has 6 heteroatoms. The van der Waals surface area contributed by atoms with E-state index in [1.54, 1.807) is 31.4 Å². The highest BCUT2D eigenvalue weighted by molar-refractivity contribution is 5.96. The first kappa shape index (κ1) is 19.9. The van der Waals surface area contributed by atoms with Crippen LogP contribution >= 0.6 is 0 Å². The van der Waals surface area contributed by atoms with Crippen LogP contribution < -0.4 is 15.4 Å². The molecule has 2 aromatic rings. The Morgan fingerprint density at radius 1 is 0.964 bits per heavy atom. The molecule has 0 bridgehead atoms. The average Bonchev–Trinajstić information content (AvgIpc) is 2.75. The first-order valence-electron chi connectivity index (χ1n) is 9.68. The number of rotatable bonds is 7. The molecule has 1 aliphatic rings. The number of nitrogens with one attached hydrogen (secondary N) is 2. The third-order valence-electron chi connectivity index (χ3n) is 4.83. The van der Waals surface area contributed by atoms with Crippen molar-refractivity contribution in [3.8, 4) is 5.75 Å². The average molecular weight is 381 g/mol. The molecule has 2 aromatic carbocycles. The molecule has 1 saturated heterocycles.